The summed E-state index contributed by atoms with van der Waals surface area (Å²) in [4.78, 5) is 11.9. The molecule has 6 heteroatoms. The first-order valence-electron chi connectivity index (χ1n) is 5.71. The van der Waals surface area contributed by atoms with E-state index < -0.39 is 6.61 Å². The van der Waals surface area contributed by atoms with Gasteiger partial charge in [-0.2, -0.15) is 8.78 Å². The lowest BCUT2D eigenvalue weighted by Crippen LogP contribution is -2.36. The van der Waals surface area contributed by atoms with E-state index in [-0.39, 0.29) is 17.7 Å². The second kappa shape index (κ2) is 5.77. The number of carbonyl (C=O) groups excluding carboxylic acids is 1. The number of amides is 1. The van der Waals surface area contributed by atoms with Crippen LogP contribution in [0.2, 0.25) is 0 Å². The van der Waals surface area contributed by atoms with Crippen molar-refractivity contribution in [1.82, 2.24) is 10.6 Å². The summed E-state index contributed by atoms with van der Waals surface area (Å²) in [6.07, 6.45) is 0.874. The summed E-state index contributed by atoms with van der Waals surface area (Å²) in [5, 5.41) is 5.96. The van der Waals surface area contributed by atoms with Gasteiger partial charge in [0, 0.05) is 18.2 Å². The Hall–Kier alpha value is -1.69. The molecule has 0 bridgehead atoms. The van der Waals surface area contributed by atoms with Crippen molar-refractivity contribution in [1.29, 1.82) is 0 Å². The van der Waals surface area contributed by atoms with Crippen LogP contribution in [0.4, 0.5) is 8.78 Å². The third-order valence-electron chi connectivity index (χ3n) is 2.72. The first kappa shape index (κ1) is 12.8. The Kier molecular flexibility index (Phi) is 4.09. The van der Waals surface area contributed by atoms with E-state index in [1.54, 1.807) is 6.07 Å². The lowest BCUT2D eigenvalue weighted by atomic mass is 10.2. The Labute approximate surface area is 103 Å². The summed E-state index contributed by atoms with van der Waals surface area (Å²) in [7, 11) is 0. The van der Waals surface area contributed by atoms with Crippen LogP contribution in [0.1, 0.15) is 16.8 Å². The van der Waals surface area contributed by atoms with Gasteiger partial charge in [0.15, 0.2) is 0 Å². The second-order valence-corrected chi connectivity index (χ2v) is 4.07. The van der Waals surface area contributed by atoms with Crippen molar-refractivity contribution in [2.45, 2.75) is 19.1 Å². The maximum atomic E-state index is 12.0. The fourth-order valence-electron chi connectivity index (χ4n) is 1.86. The first-order valence-corrected chi connectivity index (χ1v) is 5.71. The zero-order chi connectivity index (χ0) is 13.0. The Morgan fingerprint density at radius 3 is 3.00 bits per heavy atom. The maximum Gasteiger partial charge on any atom is 0.387 e. The molecule has 1 aromatic carbocycles. The largest absolute Gasteiger partial charge is 0.435 e. The Balaban J connectivity index is 2.00. The van der Waals surface area contributed by atoms with Crippen molar-refractivity contribution in [2.75, 3.05) is 13.1 Å². The molecule has 98 valence electrons. The van der Waals surface area contributed by atoms with Crippen molar-refractivity contribution >= 4 is 5.91 Å². The van der Waals surface area contributed by atoms with Crippen LogP contribution in [0.5, 0.6) is 5.75 Å². The number of ether oxygens (including phenoxy) is 1. The number of carbonyl (C=O) groups is 1. The monoisotopic (exact) mass is 256 g/mol. The minimum absolute atomic E-state index is 0.0119. The Bertz CT molecular complexity index is 420. The van der Waals surface area contributed by atoms with Crippen LogP contribution in [-0.2, 0) is 0 Å². The molecule has 1 heterocycles. The predicted octanol–water partition coefficient (Wildman–Crippen LogP) is 1.38. The van der Waals surface area contributed by atoms with E-state index in [9.17, 15) is 13.6 Å². The number of alkyl halides is 2. The Morgan fingerprint density at radius 1 is 1.50 bits per heavy atom. The highest BCUT2D eigenvalue weighted by molar-refractivity contribution is 5.94. The van der Waals surface area contributed by atoms with Crippen LogP contribution in [0, 0.1) is 0 Å². The molecule has 0 radical (unpaired) electrons. The lowest BCUT2D eigenvalue weighted by Gasteiger charge is -2.12. The van der Waals surface area contributed by atoms with Gasteiger partial charge in [0.25, 0.3) is 5.91 Å². The molecule has 0 unspecified atom stereocenters. The zero-order valence-corrected chi connectivity index (χ0v) is 9.66. The molecular formula is C12H14F2N2O2. The molecule has 1 saturated heterocycles. The van der Waals surface area contributed by atoms with E-state index in [0.717, 1.165) is 19.5 Å². The van der Waals surface area contributed by atoms with Crippen LogP contribution in [0.25, 0.3) is 0 Å². The van der Waals surface area contributed by atoms with Crippen molar-refractivity contribution in [3.8, 4) is 5.75 Å². The number of rotatable bonds is 4. The normalized spacial score (nSPS) is 18.9. The average Bonchev–Trinajstić information content (AvgIpc) is 2.81. The molecule has 1 aliphatic heterocycles. The van der Waals surface area contributed by atoms with Gasteiger partial charge < -0.3 is 15.4 Å². The molecule has 4 nitrogen and oxygen atoms in total. The highest BCUT2D eigenvalue weighted by Crippen LogP contribution is 2.16. The molecule has 1 atom stereocenters. The summed E-state index contributed by atoms with van der Waals surface area (Å²) >= 11 is 0. The first-order chi connectivity index (χ1) is 8.65. The van der Waals surface area contributed by atoms with Gasteiger partial charge in [-0.25, -0.2) is 0 Å². The van der Waals surface area contributed by atoms with Crippen LogP contribution in [0.15, 0.2) is 24.3 Å². The summed E-state index contributed by atoms with van der Waals surface area (Å²) in [6, 6.07) is 5.87. The number of hydrogen-bond acceptors (Lipinski definition) is 3. The topological polar surface area (TPSA) is 50.4 Å². The van der Waals surface area contributed by atoms with Gasteiger partial charge in [0.2, 0.25) is 0 Å². The van der Waals surface area contributed by atoms with Gasteiger partial charge in [-0.1, -0.05) is 6.07 Å². The quantitative estimate of drug-likeness (QED) is 0.855. The molecule has 0 aromatic heterocycles. The van der Waals surface area contributed by atoms with Crippen LogP contribution in [-0.4, -0.2) is 31.7 Å². The smallest absolute Gasteiger partial charge is 0.387 e. The van der Waals surface area contributed by atoms with Gasteiger partial charge in [0.1, 0.15) is 5.75 Å². The van der Waals surface area contributed by atoms with Crippen molar-refractivity contribution < 1.29 is 18.3 Å². The third kappa shape index (κ3) is 3.40. The van der Waals surface area contributed by atoms with Gasteiger partial charge in [0.05, 0.1) is 0 Å². The van der Waals surface area contributed by atoms with Gasteiger partial charge in [-0.3, -0.25) is 4.79 Å². The molecule has 0 aliphatic carbocycles. The maximum absolute atomic E-state index is 12.0. The van der Waals surface area contributed by atoms with Crippen LogP contribution in [0.3, 0.4) is 0 Å². The van der Waals surface area contributed by atoms with E-state index in [4.69, 9.17) is 0 Å². The lowest BCUT2D eigenvalue weighted by molar-refractivity contribution is -0.0498. The standard InChI is InChI=1S/C12H14F2N2O2/c13-12(14)18-10-3-1-2-8(6-10)11(17)16-9-4-5-15-7-9/h1-3,6,9,12,15H,4-5,7H2,(H,16,17)/t9-/m0/s1. The van der Waals surface area contributed by atoms with E-state index in [2.05, 4.69) is 15.4 Å². The van der Waals surface area contributed by atoms with Crippen molar-refractivity contribution in [2.24, 2.45) is 0 Å². The number of nitrogens with one attached hydrogen (secondary N) is 2. The molecule has 1 aromatic rings. The number of halogens is 2. The molecule has 0 spiro atoms. The van der Waals surface area contributed by atoms with Crippen LogP contribution < -0.4 is 15.4 Å². The molecule has 1 fully saturated rings. The van der Waals surface area contributed by atoms with Gasteiger partial charge in [-0.05, 0) is 31.2 Å². The average molecular weight is 256 g/mol. The minimum atomic E-state index is -2.89. The van der Waals surface area contributed by atoms with E-state index in [1.807, 2.05) is 0 Å². The molecular weight excluding hydrogens is 242 g/mol. The van der Waals surface area contributed by atoms with Crippen molar-refractivity contribution in [3.63, 3.8) is 0 Å². The molecule has 0 saturated carbocycles. The third-order valence-corrected chi connectivity index (χ3v) is 2.72. The summed E-state index contributed by atoms with van der Waals surface area (Å²) in [6.45, 7) is -1.28. The van der Waals surface area contributed by atoms with Crippen LogP contribution >= 0.6 is 0 Å². The molecule has 18 heavy (non-hydrogen) atoms. The minimum Gasteiger partial charge on any atom is -0.435 e. The highest BCUT2D eigenvalue weighted by Gasteiger charge is 2.17. The van der Waals surface area contributed by atoms with Gasteiger partial charge in [-0.15, -0.1) is 0 Å². The SMILES string of the molecule is O=C(N[C@H]1CCNC1)c1cccc(OC(F)F)c1. The molecule has 1 amide bonds. The fraction of sp³-hybridized carbons (Fsp3) is 0.417. The molecule has 2 N–H and O–H groups in total. The van der Waals surface area contributed by atoms with Gasteiger partial charge >= 0.3 is 6.61 Å². The van der Waals surface area contributed by atoms with E-state index >= 15 is 0 Å². The number of benzene rings is 1. The number of hydrogen-bond donors (Lipinski definition) is 2. The summed E-state index contributed by atoms with van der Waals surface area (Å²) in [5.74, 6) is -0.286. The van der Waals surface area contributed by atoms with E-state index in [1.165, 1.54) is 18.2 Å². The zero-order valence-electron chi connectivity index (χ0n) is 9.66. The second-order valence-electron chi connectivity index (χ2n) is 4.07. The molecule has 1 aliphatic rings. The Morgan fingerprint density at radius 2 is 2.33 bits per heavy atom. The fourth-order valence-corrected chi connectivity index (χ4v) is 1.86. The van der Waals surface area contributed by atoms with E-state index in [0.29, 0.717) is 5.56 Å². The summed E-state index contributed by atoms with van der Waals surface area (Å²) < 4.78 is 28.3. The highest BCUT2D eigenvalue weighted by atomic mass is 19.3. The predicted molar refractivity (Wildman–Crippen MR) is 61.8 cm³/mol. The van der Waals surface area contributed by atoms with Crippen molar-refractivity contribution in [3.05, 3.63) is 29.8 Å². The summed E-state index contributed by atoms with van der Waals surface area (Å²) in [5.41, 5.74) is 0.319. The molecule has 2 rings (SSSR count).